The summed E-state index contributed by atoms with van der Waals surface area (Å²) in [6.45, 7) is 10.8. The fourth-order valence-corrected chi connectivity index (χ4v) is 2.02. The number of carbonyl (C=O) groups excluding carboxylic acids is 1. The van der Waals surface area contributed by atoms with Gasteiger partial charge >= 0.3 is 6.09 Å². The molecule has 0 aromatic carbocycles. The Morgan fingerprint density at radius 2 is 2.07 bits per heavy atom. The predicted molar refractivity (Wildman–Crippen MR) is 60.9 cm³/mol. The van der Waals surface area contributed by atoms with Crippen LogP contribution in [0.4, 0.5) is 4.79 Å². The van der Waals surface area contributed by atoms with E-state index in [2.05, 4.69) is 13.8 Å². The summed E-state index contributed by atoms with van der Waals surface area (Å²) in [5.74, 6) is 0. The number of carbonyl (C=O) groups is 1. The summed E-state index contributed by atoms with van der Waals surface area (Å²) in [5, 5.41) is 0. The second-order valence-corrected chi connectivity index (χ2v) is 5.59. The average Bonchev–Trinajstić information content (AvgIpc) is 2.45. The highest BCUT2D eigenvalue weighted by Crippen LogP contribution is 2.32. The maximum atomic E-state index is 11.9. The van der Waals surface area contributed by atoms with Gasteiger partial charge in [0.25, 0.3) is 0 Å². The molecule has 0 aliphatic carbocycles. The third-order valence-electron chi connectivity index (χ3n) is 3.12. The summed E-state index contributed by atoms with van der Waals surface area (Å²) in [5.41, 5.74) is -0.392. The third kappa shape index (κ3) is 2.86. The average molecular weight is 213 g/mol. The van der Waals surface area contributed by atoms with Crippen LogP contribution in [0.3, 0.4) is 0 Å². The van der Waals surface area contributed by atoms with Crippen LogP contribution in [-0.4, -0.2) is 28.7 Å². The first-order valence-electron chi connectivity index (χ1n) is 5.79. The Hall–Kier alpha value is -0.730. The van der Waals surface area contributed by atoms with Gasteiger partial charge < -0.3 is 9.64 Å². The van der Waals surface area contributed by atoms with Gasteiger partial charge in [-0.3, -0.25) is 0 Å². The van der Waals surface area contributed by atoms with Gasteiger partial charge in [0.2, 0.25) is 0 Å². The van der Waals surface area contributed by atoms with E-state index in [1.165, 1.54) is 0 Å². The lowest BCUT2D eigenvalue weighted by molar-refractivity contribution is 0.0101. The van der Waals surface area contributed by atoms with E-state index in [-0.39, 0.29) is 11.6 Å². The molecule has 15 heavy (non-hydrogen) atoms. The standard InChI is InChI=1S/C12H23NO2/c1-6-12(5)8-7-9-13(12)10(14)15-11(2,3)4/h6-9H2,1-5H3/t12-/m1/s1. The van der Waals surface area contributed by atoms with Crippen LogP contribution in [-0.2, 0) is 4.74 Å². The Kier molecular flexibility index (Phi) is 3.31. The van der Waals surface area contributed by atoms with Crippen molar-refractivity contribution in [1.82, 2.24) is 4.90 Å². The van der Waals surface area contributed by atoms with Gasteiger partial charge in [0.1, 0.15) is 5.60 Å². The van der Waals surface area contributed by atoms with Crippen molar-refractivity contribution in [3.8, 4) is 0 Å². The first-order chi connectivity index (χ1) is 6.78. The second kappa shape index (κ2) is 4.03. The zero-order valence-electron chi connectivity index (χ0n) is 10.6. The SMILES string of the molecule is CC[C@]1(C)CCCN1C(=O)OC(C)(C)C. The first kappa shape index (κ1) is 12.3. The van der Waals surface area contributed by atoms with Crippen LogP contribution in [0.15, 0.2) is 0 Å². The van der Waals surface area contributed by atoms with Crippen LogP contribution < -0.4 is 0 Å². The predicted octanol–water partition coefficient (Wildman–Crippen LogP) is 3.19. The number of hydrogen-bond donors (Lipinski definition) is 0. The van der Waals surface area contributed by atoms with Crippen molar-refractivity contribution in [3.05, 3.63) is 0 Å². The molecule has 3 heteroatoms. The minimum Gasteiger partial charge on any atom is -0.444 e. The van der Waals surface area contributed by atoms with E-state index in [1.54, 1.807) is 0 Å². The molecule has 1 atom stereocenters. The quantitative estimate of drug-likeness (QED) is 0.669. The lowest BCUT2D eigenvalue weighted by Crippen LogP contribution is -2.46. The first-order valence-corrected chi connectivity index (χ1v) is 5.79. The van der Waals surface area contributed by atoms with Crippen LogP contribution in [0.5, 0.6) is 0 Å². The van der Waals surface area contributed by atoms with E-state index in [0.717, 1.165) is 25.8 Å². The van der Waals surface area contributed by atoms with Gasteiger partial charge in [-0.25, -0.2) is 4.79 Å². The molecule has 1 aliphatic rings. The number of nitrogens with zero attached hydrogens (tertiary/aromatic N) is 1. The lowest BCUT2D eigenvalue weighted by atomic mass is 9.96. The molecule has 3 nitrogen and oxygen atoms in total. The number of likely N-dealkylation sites (tertiary alicyclic amines) is 1. The maximum absolute atomic E-state index is 11.9. The molecule has 0 aromatic rings. The summed E-state index contributed by atoms with van der Waals surface area (Å²) in [7, 11) is 0. The number of hydrogen-bond acceptors (Lipinski definition) is 2. The minimum atomic E-state index is -0.395. The van der Waals surface area contributed by atoms with E-state index in [4.69, 9.17) is 4.74 Å². The molecular formula is C12H23NO2. The van der Waals surface area contributed by atoms with Crippen molar-refractivity contribution in [2.45, 2.75) is 65.0 Å². The second-order valence-electron chi connectivity index (χ2n) is 5.59. The molecule has 0 unspecified atom stereocenters. The summed E-state index contributed by atoms with van der Waals surface area (Å²) in [6, 6.07) is 0. The van der Waals surface area contributed by atoms with Crippen molar-refractivity contribution in [2.75, 3.05) is 6.54 Å². The Balaban J connectivity index is 2.67. The molecule has 1 amide bonds. The van der Waals surface area contributed by atoms with E-state index in [9.17, 15) is 4.79 Å². The molecule has 1 saturated heterocycles. The Bertz CT molecular complexity index is 244. The Morgan fingerprint density at radius 3 is 2.53 bits per heavy atom. The molecule has 1 aliphatic heterocycles. The molecule has 0 bridgehead atoms. The molecule has 0 spiro atoms. The number of amides is 1. The van der Waals surface area contributed by atoms with E-state index in [1.807, 2.05) is 25.7 Å². The van der Waals surface area contributed by atoms with Crippen molar-refractivity contribution in [1.29, 1.82) is 0 Å². The van der Waals surface area contributed by atoms with Gasteiger partial charge in [-0.1, -0.05) is 6.92 Å². The van der Waals surface area contributed by atoms with E-state index < -0.39 is 5.60 Å². The molecule has 0 radical (unpaired) electrons. The Labute approximate surface area is 92.8 Å². The summed E-state index contributed by atoms with van der Waals surface area (Å²) >= 11 is 0. The topological polar surface area (TPSA) is 29.5 Å². The van der Waals surface area contributed by atoms with Crippen LogP contribution in [0.2, 0.25) is 0 Å². The van der Waals surface area contributed by atoms with E-state index in [0.29, 0.717) is 0 Å². The maximum Gasteiger partial charge on any atom is 0.410 e. The van der Waals surface area contributed by atoms with E-state index >= 15 is 0 Å². The van der Waals surface area contributed by atoms with Crippen molar-refractivity contribution in [2.24, 2.45) is 0 Å². The lowest BCUT2D eigenvalue weighted by Gasteiger charge is -2.35. The van der Waals surface area contributed by atoms with Gasteiger partial charge in [0.05, 0.1) is 0 Å². The van der Waals surface area contributed by atoms with Crippen LogP contribution in [0, 0.1) is 0 Å². The summed E-state index contributed by atoms with van der Waals surface area (Å²) < 4.78 is 5.41. The Morgan fingerprint density at radius 1 is 1.47 bits per heavy atom. The molecule has 1 fully saturated rings. The fraction of sp³-hybridized carbons (Fsp3) is 0.917. The van der Waals surface area contributed by atoms with Gasteiger partial charge in [0.15, 0.2) is 0 Å². The van der Waals surface area contributed by atoms with Crippen LogP contribution in [0.1, 0.15) is 53.9 Å². The third-order valence-corrected chi connectivity index (χ3v) is 3.12. The van der Waals surface area contributed by atoms with Crippen molar-refractivity contribution >= 4 is 6.09 Å². The van der Waals surface area contributed by atoms with Gasteiger partial charge in [-0.2, -0.15) is 0 Å². The zero-order chi connectivity index (χ0) is 11.7. The molecular weight excluding hydrogens is 190 g/mol. The smallest absolute Gasteiger partial charge is 0.410 e. The van der Waals surface area contributed by atoms with Gasteiger partial charge in [-0.15, -0.1) is 0 Å². The summed E-state index contributed by atoms with van der Waals surface area (Å²) in [6.07, 6.45) is 3.00. The van der Waals surface area contributed by atoms with Gasteiger partial charge in [0, 0.05) is 12.1 Å². The monoisotopic (exact) mass is 213 g/mol. The fourth-order valence-electron chi connectivity index (χ4n) is 2.02. The normalized spacial score (nSPS) is 26.9. The van der Waals surface area contributed by atoms with Crippen molar-refractivity contribution < 1.29 is 9.53 Å². The highest BCUT2D eigenvalue weighted by molar-refractivity contribution is 5.69. The number of ether oxygens (including phenoxy) is 1. The van der Waals surface area contributed by atoms with Crippen LogP contribution >= 0.6 is 0 Å². The highest BCUT2D eigenvalue weighted by atomic mass is 16.6. The minimum absolute atomic E-state index is 0.00231. The molecule has 0 N–H and O–H groups in total. The number of rotatable bonds is 1. The molecule has 0 aromatic heterocycles. The van der Waals surface area contributed by atoms with Crippen molar-refractivity contribution in [3.63, 3.8) is 0 Å². The zero-order valence-corrected chi connectivity index (χ0v) is 10.6. The molecule has 88 valence electrons. The molecule has 0 saturated carbocycles. The van der Waals surface area contributed by atoms with Gasteiger partial charge in [-0.05, 0) is 47.0 Å². The molecule has 1 heterocycles. The summed E-state index contributed by atoms with van der Waals surface area (Å²) in [4.78, 5) is 13.8. The largest absolute Gasteiger partial charge is 0.444 e. The van der Waals surface area contributed by atoms with Crippen LogP contribution in [0.25, 0.3) is 0 Å². The highest BCUT2D eigenvalue weighted by Gasteiger charge is 2.39. The molecule has 1 rings (SSSR count).